The highest BCUT2D eigenvalue weighted by atomic mass is 79.9. The van der Waals surface area contributed by atoms with Crippen LogP contribution in [-0.2, 0) is 11.3 Å². The third-order valence-corrected chi connectivity index (χ3v) is 5.05. The van der Waals surface area contributed by atoms with Gasteiger partial charge in [0.05, 0.1) is 17.9 Å². The van der Waals surface area contributed by atoms with E-state index >= 15 is 0 Å². The van der Waals surface area contributed by atoms with Crippen molar-refractivity contribution in [3.05, 3.63) is 27.7 Å². The quantitative estimate of drug-likeness (QED) is 0.558. The molecule has 5 nitrogen and oxygen atoms in total. The number of halogens is 1. The van der Waals surface area contributed by atoms with E-state index in [4.69, 9.17) is 15.6 Å². The van der Waals surface area contributed by atoms with Crippen LogP contribution in [0.4, 0.5) is 5.69 Å². The minimum Gasteiger partial charge on any atom is -0.460 e. The molecular weight excluding hydrogens is 360 g/mol. The van der Waals surface area contributed by atoms with Crippen LogP contribution < -0.4 is 5.73 Å². The molecule has 1 aromatic carbocycles. The molecule has 128 valence electrons. The number of nitrogens with two attached hydrogens (primary N) is 1. The minimum atomic E-state index is -0.440. The number of ether oxygens (including phenoxy) is 1. The highest BCUT2D eigenvalue weighted by Crippen LogP contribution is 2.30. The summed E-state index contributed by atoms with van der Waals surface area (Å²) in [5, 5.41) is 8.77. The van der Waals surface area contributed by atoms with Gasteiger partial charge in [0.25, 0.3) is 0 Å². The number of benzene rings is 1. The van der Waals surface area contributed by atoms with Gasteiger partial charge >= 0.3 is 5.97 Å². The summed E-state index contributed by atoms with van der Waals surface area (Å²) in [6.07, 6.45) is 5.03. The summed E-state index contributed by atoms with van der Waals surface area (Å²) >= 11 is 3.43. The molecule has 0 atom stereocenters. The number of nitrogen functional groups attached to an aromatic ring is 1. The zero-order chi connectivity index (χ0) is 16.8. The molecule has 3 N–H and O–H groups in total. The predicted octanol–water partition coefficient (Wildman–Crippen LogP) is 2.94. The summed E-state index contributed by atoms with van der Waals surface area (Å²) in [6.45, 7) is 3.66. The standard InChI is InChI=1S/C17H25BrN2O3/c1-2-20(14-5-3-4-6-14)11-13-9-12(10-15(18)16(13)19)17(22)23-8-7-21/h9-10,14,21H,2-8,11,19H2,1H3. The molecule has 1 fully saturated rings. The number of nitrogens with zero attached hydrogens (tertiary/aromatic N) is 1. The third-order valence-electron chi connectivity index (χ3n) is 4.40. The van der Waals surface area contributed by atoms with E-state index in [1.807, 2.05) is 0 Å². The van der Waals surface area contributed by atoms with Gasteiger partial charge in [-0.1, -0.05) is 19.8 Å². The van der Waals surface area contributed by atoms with Crippen LogP contribution in [-0.4, -0.2) is 41.8 Å². The Kier molecular flexibility index (Phi) is 6.87. The Morgan fingerprint density at radius 3 is 2.74 bits per heavy atom. The van der Waals surface area contributed by atoms with Gasteiger partial charge in [-0.25, -0.2) is 4.79 Å². The van der Waals surface area contributed by atoms with Crippen LogP contribution in [0, 0.1) is 0 Å². The molecule has 0 aliphatic heterocycles. The molecule has 0 bridgehead atoms. The molecule has 1 aromatic rings. The number of anilines is 1. The van der Waals surface area contributed by atoms with Crippen molar-refractivity contribution in [2.75, 3.05) is 25.5 Å². The largest absolute Gasteiger partial charge is 0.460 e. The first-order valence-corrected chi connectivity index (χ1v) is 8.96. The fourth-order valence-corrected chi connectivity index (χ4v) is 3.63. The van der Waals surface area contributed by atoms with E-state index in [-0.39, 0.29) is 13.2 Å². The second-order valence-electron chi connectivity index (χ2n) is 5.89. The van der Waals surface area contributed by atoms with Crippen molar-refractivity contribution in [2.45, 2.75) is 45.2 Å². The van der Waals surface area contributed by atoms with Gasteiger partial charge in [-0.15, -0.1) is 0 Å². The van der Waals surface area contributed by atoms with Gasteiger partial charge in [0, 0.05) is 17.1 Å². The van der Waals surface area contributed by atoms with Crippen LogP contribution in [0.3, 0.4) is 0 Å². The number of hydrogen-bond donors (Lipinski definition) is 2. The molecule has 1 aliphatic carbocycles. The number of rotatable bonds is 7. The van der Waals surface area contributed by atoms with Gasteiger partial charge in [-0.05, 0) is 53.0 Å². The van der Waals surface area contributed by atoms with E-state index in [2.05, 4.69) is 27.8 Å². The lowest BCUT2D eigenvalue weighted by Gasteiger charge is -2.28. The van der Waals surface area contributed by atoms with Crippen molar-refractivity contribution in [1.29, 1.82) is 0 Å². The van der Waals surface area contributed by atoms with E-state index in [1.54, 1.807) is 12.1 Å². The maximum atomic E-state index is 12.0. The van der Waals surface area contributed by atoms with Crippen molar-refractivity contribution < 1.29 is 14.6 Å². The second-order valence-corrected chi connectivity index (χ2v) is 6.75. The average Bonchev–Trinajstić information content (AvgIpc) is 3.08. The zero-order valence-corrected chi connectivity index (χ0v) is 15.1. The number of aliphatic hydroxyl groups is 1. The van der Waals surface area contributed by atoms with Crippen molar-refractivity contribution in [1.82, 2.24) is 4.90 Å². The summed E-state index contributed by atoms with van der Waals surface area (Å²) in [7, 11) is 0. The van der Waals surface area contributed by atoms with Crippen LogP contribution in [0.15, 0.2) is 16.6 Å². The molecule has 1 aliphatic rings. The summed E-state index contributed by atoms with van der Waals surface area (Å²) < 4.78 is 5.70. The van der Waals surface area contributed by atoms with Gasteiger partial charge in [-0.2, -0.15) is 0 Å². The van der Waals surface area contributed by atoms with Gasteiger partial charge < -0.3 is 15.6 Å². The first kappa shape index (κ1) is 18.2. The predicted molar refractivity (Wildman–Crippen MR) is 94.3 cm³/mol. The lowest BCUT2D eigenvalue weighted by Crippen LogP contribution is -2.32. The van der Waals surface area contributed by atoms with Crippen LogP contribution in [0.2, 0.25) is 0 Å². The number of esters is 1. The topological polar surface area (TPSA) is 75.8 Å². The van der Waals surface area contributed by atoms with Gasteiger partial charge in [0.15, 0.2) is 0 Å². The fraction of sp³-hybridized carbons (Fsp3) is 0.588. The monoisotopic (exact) mass is 384 g/mol. The minimum absolute atomic E-state index is 0.000673. The Morgan fingerprint density at radius 2 is 2.13 bits per heavy atom. The Balaban J connectivity index is 2.19. The van der Waals surface area contributed by atoms with E-state index in [1.165, 1.54) is 25.7 Å². The second kappa shape index (κ2) is 8.66. The third kappa shape index (κ3) is 4.68. The number of aliphatic hydroxyl groups excluding tert-OH is 1. The van der Waals surface area contributed by atoms with Crippen LogP contribution in [0.1, 0.15) is 48.5 Å². The van der Waals surface area contributed by atoms with E-state index in [9.17, 15) is 4.79 Å². The van der Waals surface area contributed by atoms with Crippen molar-refractivity contribution >= 4 is 27.6 Å². The van der Waals surface area contributed by atoms with Crippen molar-refractivity contribution in [3.63, 3.8) is 0 Å². The molecule has 0 aromatic heterocycles. The molecule has 0 heterocycles. The smallest absolute Gasteiger partial charge is 0.338 e. The van der Waals surface area contributed by atoms with Crippen molar-refractivity contribution in [3.8, 4) is 0 Å². The van der Waals surface area contributed by atoms with Crippen LogP contribution >= 0.6 is 15.9 Å². The highest BCUT2D eigenvalue weighted by molar-refractivity contribution is 9.10. The Bertz CT molecular complexity index is 545. The van der Waals surface area contributed by atoms with Gasteiger partial charge in [0.2, 0.25) is 0 Å². The highest BCUT2D eigenvalue weighted by Gasteiger charge is 2.23. The van der Waals surface area contributed by atoms with Crippen LogP contribution in [0.5, 0.6) is 0 Å². The molecule has 2 rings (SSSR count). The van der Waals surface area contributed by atoms with E-state index < -0.39 is 5.97 Å². The van der Waals surface area contributed by atoms with E-state index in [0.717, 1.165) is 18.7 Å². The number of carbonyl (C=O) groups is 1. The Morgan fingerprint density at radius 1 is 1.43 bits per heavy atom. The maximum Gasteiger partial charge on any atom is 0.338 e. The zero-order valence-electron chi connectivity index (χ0n) is 13.6. The summed E-state index contributed by atoms with van der Waals surface area (Å²) in [4.78, 5) is 14.4. The molecule has 0 spiro atoms. The number of carbonyl (C=O) groups excluding carboxylic acids is 1. The first-order valence-electron chi connectivity index (χ1n) is 8.16. The average molecular weight is 385 g/mol. The molecule has 0 radical (unpaired) electrons. The molecular formula is C17H25BrN2O3. The molecule has 6 heteroatoms. The fourth-order valence-electron chi connectivity index (χ4n) is 3.13. The maximum absolute atomic E-state index is 12.0. The lowest BCUT2D eigenvalue weighted by atomic mass is 10.1. The SMILES string of the molecule is CCN(Cc1cc(C(=O)OCCO)cc(Br)c1N)C1CCCC1. The molecule has 23 heavy (non-hydrogen) atoms. The van der Waals surface area contributed by atoms with E-state index in [0.29, 0.717) is 21.8 Å². The van der Waals surface area contributed by atoms with Gasteiger partial charge in [-0.3, -0.25) is 4.90 Å². The molecule has 1 saturated carbocycles. The summed E-state index contributed by atoms with van der Waals surface area (Å²) in [6, 6.07) is 4.07. The molecule has 0 amide bonds. The molecule has 0 saturated heterocycles. The number of hydrogen-bond acceptors (Lipinski definition) is 5. The lowest BCUT2D eigenvalue weighted by molar-refractivity contribution is 0.0433. The molecule has 0 unspecified atom stereocenters. The normalized spacial score (nSPS) is 15.3. The first-order chi connectivity index (χ1) is 11.1. The summed E-state index contributed by atoms with van der Waals surface area (Å²) in [5.41, 5.74) is 8.24. The summed E-state index contributed by atoms with van der Waals surface area (Å²) in [5.74, 6) is -0.440. The Labute approximate surface area is 145 Å². The van der Waals surface area contributed by atoms with Gasteiger partial charge in [0.1, 0.15) is 6.61 Å². The van der Waals surface area contributed by atoms with Crippen molar-refractivity contribution in [2.24, 2.45) is 0 Å². The Hall–Kier alpha value is -1.11. The van der Waals surface area contributed by atoms with Crippen LogP contribution in [0.25, 0.3) is 0 Å².